The van der Waals surface area contributed by atoms with E-state index in [0.717, 1.165) is 0 Å². The molecule has 0 aliphatic carbocycles. The number of ether oxygens (including phenoxy) is 1. The zero-order valence-corrected chi connectivity index (χ0v) is 14.7. The largest absolute Gasteiger partial charge is 0.457 e. The van der Waals surface area contributed by atoms with Gasteiger partial charge in [-0.15, -0.1) is 0 Å². The van der Waals surface area contributed by atoms with Gasteiger partial charge in [0.2, 0.25) is 5.91 Å². The van der Waals surface area contributed by atoms with Crippen LogP contribution in [0.15, 0.2) is 54.6 Å². The van der Waals surface area contributed by atoms with Crippen molar-refractivity contribution >= 4 is 21.7 Å². The van der Waals surface area contributed by atoms with Crippen LogP contribution in [0.4, 0.5) is 0 Å². The van der Waals surface area contributed by atoms with E-state index >= 15 is 0 Å². The molecule has 0 saturated carbocycles. The summed E-state index contributed by atoms with van der Waals surface area (Å²) in [5.74, 6) is -0.987. The number of benzene rings is 2. The van der Waals surface area contributed by atoms with Crippen molar-refractivity contribution in [3.8, 4) is 11.5 Å². The van der Waals surface area contributed by atoms with Crippen molar-refractivity contribution in [2.45, 2.75) is 6.42 Å². The minimum Gasteiger partial charge on any atom is -0.457 e. The fourth-order valence-electron chi connectivity index (χ4n) is 2.65. The SMILES string of the molecule is O=C(NNC(=O)[C@@H]1CCS(=O)(=O)C1)c1ccccc1Oc1ccccc1. The highest BCUT2D eigenvalue weighted by molar-refractivity contribution is 7.91. The van der Waals surface area contributed by atoms with Crippen LogP contribution in [0, 0.1) is 5.92 Å². The van der Waals surface area contributed by atoms with Crippen molar-refractivity contribution in [3.63, 3.8) is 0 Å². The van der Waals surface area contributed by atoms with Gasteiger partial charge in [-0.2, -0.15) is 0 Å². The second-order valence-corrected chi connectivity index (χ2v) is 8.18. The van der Waals surface area contributed by atoms with E-state index in [2.05, 4.69) is 10.9 Å². The number of amides is 2. The first-order valence-electron chi connectivity index (χ1n) is 8.07. The predicted octanol–water partition coefficient (Wildman–Crippen LogP) is 1.67. The van der Waals surface area contributed by atoms with Gasteiger partial charge in [0.15, 0.2) is 9.84 Å². The first kappa shape index (κ1) is 17.9. The highest BCUT2D eigenvalue weighted by Crippen LogP contribution is 2.25. The van der Waals surface area contributed by atoms with Gasteiger partial charge in [0, 0.05) is 0 Å². The third-order valence-corrected chi connectivity index (χ3v) is 5.77. The number of para-hydroxylation sites is 2. The first-order valence-corrected chi connectivity index (χ1v) is 9.89. The standard InChI is InChI=1S/C18H18N2O5S/c21-17(13-10-11-26(23,24)12-13)19-20-18(22)15-8-4-5-9-16(15)25-14-6-2-1-3-7-14/h1-9,13H,10-12H2,(H,19,21)(H,20,22)/t13-/m1/s1. The first-order chi connectivity index (χ1) is 12.4. The Morgan fingerprint density at radius 2 is 1.65 bits per heavy atom. The molecule has 3 rings (SSSR count). The van der Waals surface area contributed by atoms with Gasteiger partial charge >= 0.3 is 0 Å². The summed E-state index contributed by atoms with van der Waals surface area (Å²) in [7, 11) is -3.17. The molecule has 2 N–H and O–H groups in total. The molecule has 1 atom stereocenters. The van der Waals surface area contributed by atoms with Crippen LogP contribution in [0.25, 0.3) is 0 Å². The van der Waals surface area contributed by atoms with E-state index in [4.69, 9.17) is 4.74 Å². The van der Waals surface area contributed by atoms with Gasteiger partial charge < -0.3 is 4.74 Å². The van der Waals surface area contributed by atoms with Crippen molar-refractivity contribution in [3.05, 3.63) is 60.2 Å². The minimum atomic E-state index is -3.17. The molecule has 0 unspecified atom stereocenters. The van der Waals surface area contributed by atoms with Crippen molar-refractivity contribution in [1.82, 2.24) is 10.9 Å². The monoisotopic (exact) mass is 374 g/mol. The molecule has 1 saturated heterocycles. The molecule has 2 amide bonds. The summed E-state index contributed by atoms with van der Waals surface area (Å²) in [6.07, 6.45) is 0.262. The van der Waals surface area contributed by atoms with Crippen LogP contribution in [0.5, 0.6) is 11.5 Å². The molecule has 0 bridgehead atoms. The summed E-state index contributed by atoms with van der Waals surface area (Å²) in [5, 5.41) is 0. The number of hydrazine groups is 1. The number of hydrogen-bond acceptors (Lipinski definition) is 5. The van der Waals surface area contributed by atoms with E-state index < -0.39 is 27.6 Å². The highest BCUT2D eigenvalue weighted by atomic mass is 32.2. The van der Waals surface area contributed by atoms with Gasteiger partial charge in [0.25, 0.3) is 5.91 Å². The Hall–Kier alpha value is -2.87. The third-order valence-electron chi connectivity index (χ3n) is 4.01. The topological polar surface area (TPSA) is 102 Å². The van der Waals surface area contributed by atoms with Gasteiger partial charge in [0.05, 0.1) is 23.0 Å². The maximum absolute atomic E-state index is 12.4. The van der Waals surface area contributed by atoms with E-state index in [-0.39, 0.29) is 23.5 Å². The molecular formula is C18H18N2O5S. The van der Waals surface area contributed by atoms with Gasteiger partial charge in [-0.25, -0.2) is 8.42 Å². The summed E-state index contributed by atoms with van der Waals surface area (Å²) in [6, 6.07) is 15.6. The normalized spacial score (nSPS) is 18.1. The number of hydrogen-bond donors (Lipinski definition) is 2. The zero-order chi connectivity index (χ0) is 18.6. The fourth-order valence-corrected chi connectivity index (χ4v) is 4.39. The molecule has 7 nitrogen and oxygen atoms in total. The molecule has 8 heteroatoms. The molecule has 1 aliphatic rings. The Bertz CT molecular complexity index is 912. The lowest BCUT2D eigenvalue weighted by Crippen LogP contribution is -2.44. The van der Waals surface area contributed by atoms with E-state index in [1.54, 1.807) is 36.4 Å². The van der Waals surface area contributed by atoms with Crippen molar-refractivity contribution in [2.24, 2.45) is 5.92 Å². The van der Waals surface area contributed by atoms with E-state index in [0.29, 0.717) is 11.5 Å². The molecule has 1 aliphatic heterocycles. The van der Waals surface area contributed by atoms with Crippen molar-refractivity contribution < 1.29 is 22.7 Å². The maximum Gasteiger partial charge on any atom is 0.273 e. The molecule has 1 fully saturated rings. The smallest absolute Gasteiger partial charge is 0.273 e. The maximum atomic E-state index is 12.4. The molecule has 0 radical (unpaired) electrons. The van der Waals surface area contributed by atoms with Crippen LogP contribution in [0.1, 0.15) is 16.8 Å². The van der Waals surface area contributed by atoms with Crippen LogP contribution in [0.3, 0.4) is 0 Å². The Morgan fingerprint density at radius 1 is 0.962 bits per heavy atom. The van der Waals surface area contributed by atoms with Crippen LogP contribution in [-0.2, 0) is 14.6 Å². The predicted molar refractivity (Wildman–Crippen MR) is 95.3 cm³/mol. The molecule has 2 aromatic rings. The quantitative estimate of drug-likeness (QED) is 0.793. The van der Waals surface area contributed by atoms with Crippen LogP contribution < -0.4 is 15.6 Å². The second-order valence-electron chi connectivity index (χ2n) is 5.95. The molecule has 26 heavy (non-hydrogen) atoms. The van der Waals surface area contributed by atoms with E-state index in [1.165, 1.54) is 0 Å². The summed E-state index contributed by atoms with van der Waals surface area (Å²) >= 11 is 0. The van der Waals surface area contributed by atoms with Gasteiger partial charge in [-0.05, 0) is 30.7 Å². The minimum absolute atomic E-state index is 0.00716. The van der Waals surface area contributed by atoms with E-state index in [1.807, 2.05) is 18.2 Å². The Balaban J connectivity index is 1.64. The number of nitrogens with one attached hydrogen (secondary N) is 2. The number of rotatable bonds is 4. The third kappa shape index (κ3) is 4.40. The summed E-state index contributed by atoms with van der Waals surface area (Å²) < 4.78 is 28.6. The Labute approximate surface area is 151 Å². The van der Waals surface area contributed by atoms with E-state index in [9.17, 15) is 18.0 Å². The Kier molecular flexibility index (Phi) is 5.22. The molecule has 136 valence electrons. The average Bonchev–Trinajstić information content (AvgIpc) is 3.01. The average molecular weight is 374 g/mol. The molecule has 0 spiro atoms. The fraction of sp³-hybridized carbons (Fsp3) is 0.222. The molecular weight excluding hydrogens is 356 g/mol. The second kappa shape index (κ2) is 7.57. The Morgan fingerprint density at radius 3 is 2.35 bits per heavy atom. The van der Waals surface area contributed by atoms with Gasteiger partial charge in [-0.3, -0.25) is 20.4 Å². The summed E-state index contributed by atoms with van der Waals surface area (Å²) in [4.78, 5) is 24.4. The molecule has 0 aromatic heterocycles. The van der Waals surface area contributed by atoms with Gasteiger partial charge in [0.1, 0.15) is 11.5 Å². The number of sulfone groups is 1. The number of carbonyl (C=O) groups excluding carboxylic acids is 2. The van der Waals surface area contributed by atoms with Gasteiger partial charge in [-0.1, -0.05) is 30.3 Å². The lowest BCUT2D eigenvalue weighted by molar-refractivity contribution is -0.125. The molecule has 1 heterocycles. The van der Waals surface area contributed by atoms with Crippen LogP contribution >= 0.6 is 0 Å². The van der Waals surface area contributed by atoms with Crippen LogP contribution in [0.2, 0.25) is 0 Å². The zero-order valence-electron chi connectivity index (χ0n) is 13.8. The lowest BCUT2D eigenvalue weighted by Gasteiger charge is -2.13. The highest BCUT2D eigenvalue weighted by Gasteiger charge is 2.33. The number of carbonyl (C=O) groups is 2. The summed E-state index contributed by atoms with van der Waals surface area (Å²) in [5.41, 5.74) is 4.86. The van der Waals surface area contributed by atoms with Crippen molar-refractivity contribution in [1.29, 1.82) is 0 Å². The lowest BCUT2D eigenvalue weighted by atomic mass is 10.1. The summed E-state index contributed by atoms with van der Waals surface area (Å²) in [6.45, 7) is 0. The van der Waals surface area contributed by atoms with Crippen molar-refractivity contribution in [2.75, 3.05) is 11.5 Å². The van der Waals surface area contributed by atoms with Crippen LogP contribution in [-0.4, -0.2) is 31.7 Å². The molecule has 2 aromatic carbocycles.